The van der Waals surface area contributed by atoms with Gasteiger partial charge in [0.15, 0.2) is 0 Å². The molecule has 1 amide bonds. The molecule has 0 bridgehead atoms. The van der Waals surface area contributed by atoms with E-state index in [2.05, 4.69) is 10.4 Å². The van der Waals surface area contributed by atoms with Gasteiger partial charge in [-0.1, -0.05) is 36.5 Å². The lowest BCUT2D eigenvalue weighted by Gasteiger charge is -2.37. The third kappa shape index (κ3) is 8.05. The molecule has 3 N–H and O–H groups in total. The second-order valence-electron chi connectivity index (χ2n) is 9.26. The Hall–Kier alpha value is -2.02. The predicted molar refractivity (Wildman–Crippen MR) is 133 cm³/mol. The minimum absolute atomic E-state index is 0.0401. The number of nitrogens with two attached hydrogens (primary N) is 1. The molecule has 2 fully saturated rings. The molecule has 2 aliphatic carbocycles. The van der Waals surface area contributed by atoms with Crippen molar-refractivity contribution in [3.8, 4) is 5.75 Å². The van der Waals surface area contributed by atoms with Crippen molar-refractivity contribution in [3.05, 3.63) is 29.8 Å². The van der Waals surface area contributed by atoms with Crippen LogP contribution in [0.3, 0.4) is 0 Å². The molecule has 0 spiro atoms. The second-order valence-corrected chi connectivity index (χ2v) is 10.3. The van der Waals surface area contributed by atoms with Crippen LogP contribution in [0.4, 0.5) is 0 Å². The summed E-state index contributed by atoms with van der Waals surface area (Å²) in [5, 5.41) is 8.81. The van der Waals surface area contributed by atoms with Gasteiger partial charge in [0.2, 0.25) is 5.91 Å². The highest BCUT2D eigenvalue weighted by molar-refractivity contribution is 7.99. The molecule has 0 radical (unpaired) electrons. The number of carbonyl (C=O) groups is 1. The molecule has 1 aromatic rings. The largest absolute Gasteiger partial charge is 0.497 e. The van der Waals surface area contributed by atoms with Crippen molar-refractivity contribution < 1.29 is 14.3 Å². The standard InChI is InChI=1S/C25H38N4O3S/c1-32-23-13-7-19(8-14-23)15-27-25(31)24(17-33-16-20-5-3-2-4-6-20)29(28-18-30)22-11-9-21(26)10-12-22/h7-8,13-14,20-22,24H,2-6,9-12,15-17,26H2,1H3,(H,27,31)/t21?,22?,24-/m0/s1. The summed E-state index contributed by atoms with van der Waals surface area (Å²) in [5.74, 6) is 3.07. The van der Waals surface area contributed by atoms with Gasteiger partial charge in [0.1, 0.15) is 11.8 Å². The molecule has 7 nitrogen and oxygen atoms in total. The van der Waals surface area contributed by atoms with Gasteiger partial charge >= 0.3 is 0 Å². The van der Waals surface area contributed by atoms with Gasteiger partial charge in [0, 0.05) is 24.4 Å². The van der Waals surface area contributed by atoms with Crippen molar-refractivity contribution in [3.63, 3.8) is 0 Å². The zero-order valence-electron chi connectivity index (χ0n) is 19.7. The van der Waals surface area contributed by atoms with Gasteiger partial charge in [0.05, 0.1) is 7.11 Å². The number of hydrazone groups is 1. The molecule has 2 saturated carbocycles. The molecular weight excluding hydrogens is 436 g/mol. The van der Waals surface area contributed by atoms with Gasteiger partial charge < -0.3 is 15.8 Å². The number of nitrogens with zero attached hydrogens (tertiary/aromatic N) is 2. The van der Waals surface area contributed by atoms with Crippen LogP contribution in [0.15, 0.2) is 29.4 Å². The summed E-state index contributed by atoms with van der Waals surface area (Å²) in [6, 6.07) is 7.37. The zero-order chi connectivity index (χ0) is 23.5. The van der Waals surface area contributed by atoms with E-state index in [1.165, 1.54) is 32.1 Å². The number of carbonyl (C=O) groups excluding carboxylic acids is 2. The minimum atomic E-state index is -0.502. The Morgan fingerprint density at radius 1 is 1.18 bits per heavy atom. The lowest BCUT2D eigenvalue weighted by molar-refractivity contribution is -0.127. The topological polar surface area (TPSA) is 97.0 Å². The smallest absolute Gasteiger partial charge is 0.258 e. The number of ether oxygens (including phenoxy) is 1. The first-order chi connectivity index (χ1) is 16.1. The van der Waals surface area contributed by atoms with Gasteiger partial charge in [-0.2, -0.15) is 11.8 Å². The Morgan fingerprint density at radius 3 is 2.52 bits per heavy atom. The van der Waals surface area contributed by atoms with E-state index in [9.17, 15) is 9.59 Å². The van der Waals surface area contributed by atoms with E-state index in [-0.39, 0.29) is 18.0 Å². The van der Waals surface area contributed by atoms with Crippen LogP contribution < -0.4 is 15.8 Å². The SMILES string of the molecule is COc1ccc(CNC(=O)[C@H](CSCC2CCCCC2)N(N=C=O)C2CCC(N)CC2)cc1. The second kappa shape index (κ2) is 13.6. The van der Waals surface area contributed by atoms with Gasteiger partial charge in [0.25, 0.3) is 6.08 Å². The van der Waals surface area contributed by atoms with Crippen molar-refractivity contribution in [1.82, 2.24) is 10.3 Å². The Bertz CT molecular complexity index is 770. The van der Waals surface area contributed by atoms with Gasteiger partial charge in [-0.15, -0.1) is 0 Å². The number of methoxy groups -OCH3 is 1. The first-order valence-corrected chi connectivity index (χ1v) is 13.4. The lowest BCUT2D eigenvalue weighted by atomic mass is 9.91. The molecule has 182 valence electrons. The van der Waals surface area contributed by atoms with Crippen molar-refractivity contribution in [2.75, 3.05) is 18.6 Å². The number of amides is 1. The normalized spacial score (nSPS) is 22.1. The highest BCUT2D eigenvalue weighted by Gasteiger charge is 2.33. The van der Waals surface area contributed by atoms with Crippen LogP contribution in [0.25, 0.3) is 0 Å². The Labute approximate surface area is 201 Å². The van der Waals surface area contributed by atoms with Crippen LogP contribution in [-0.2, 0) is 16.1 Å². The summed E-state index contributed by atoms with van der Waals surface area (Å²) in [4.78, 5) is 24.6. The third-order valence-electron chi connectivity index (χ3n) is 6.87. The van der Waals surface area contributed by atoms with Crippen molar-refractivity contribution in [2.24, 2.45) is 16.8 Å². The Morgan fingerprint density at radius 2 is 1.88 bits per heavy atom. The Balaban J connectivity index is 1.66. The third-order valence-corrected chi connectivity index (χ3v) is 8.13. The molecule has 8 heteroatoms. The fourth-order valence-electron chi connectivity index (χ4n) is 4.84. The summed E-state index contributed by atoms with van der Waals surface area (Å²) >= 11 is 1.81. The average Bonchev–Trinajstić information content (AvgIpc) is 2.86. The molecule has 2 aliphatic rings. The van der Waals surface area contributed by atoms with E-state index < -0.39 is 6.04 Å². The molecule has 0 aliphatic heterocycles. The molecule has 33 heavy (non-hydrogen) atoms. The van der Waals surface area contributed by atoms with Crippen LogP contribution in [0.5, 0.6) is 5.75 Å². The molecular formula is C25H38N4O3S. The summed E-state index contributed by atoms with van der Waals surface area (Å²) in [7, 11) is 1.63. The van der Waals surface area contributed by atoms with Crippen molar-refractivity contribution in [2.45, 2.75) is 82.5 Å². The van der Waals surface area contributed by atoms with E-state index in [0.29, 0.717) is 12.3 Å². The van der Waals surface area contributed by atoms with Gasteiger partial charge in [-0.25, -0.2) is 4.79 Å². The highest BCUT2D eigenvalue weighted by atomic mass is 32.2. The molecule has 1 aromatic carbocycles. The van der Waals surface area contributed by atoms with Crippen molar-refractivity contribution in [1.29, 1.82) is 0 Å². The number of thioether (sulfide) groups is 1. The number of hydrogen-bond donors (Lipinski definition) is 2. The quantitative estimate of drug-likeness (QED) is 0.288. The predicted octanol–water partition coefficient (Wildman–Crippen LogP) is 3.82. The molecule has 0 unspecified atom stereocenters. The summed E-state index contributed by atoms with van der Waals surface area (Å²) in [6.45, 7) is 0.417. The number of isocyanates is 1. The van der Waals surface area contributed by atoms with Gasteiger partial charge in [-0.05, 0) is 67.9 Å². The van der Waals surface area contributed by atoms with Crippen LogP contribution >= 0.6 is 11.8 Å². The molecule has 0 heterocycles. The van der Waals surface area contributed by atoms with E-state index >= 15 is 0 Å². The number of hydrogen-bond acceptors (Lipinski definition) is 7. The zero-order valence-corrected chi connectivity index (χ0v) is 20.5. The monoisotopic (exact) mass is 474 g/mol. The fraction of sp³-hybridized carbons (Fsp3) is 0.680. The van der Waals surface area contributed by atoms with E-state index in [4.69, 9.17) is 10.5 Å². The molecule has 3 rings (SSSR count). The molecule has 0 aromatic heterocycles. The summed E-state index contributed by atoms with van der Waals surface area (Å²) < 4.78 is 5.21. The van der Waals surface area contributed by atoms with Crippen molar-refractivity contribution >= 4 is 23.7 Å². The number of nitrogens with one attached hydrogen (secondary N) is 1. The highest BCUT2D eigenvalue weighted by Crippen LogP contribution is 2.29. The van der Waals surface area contributed by atoms with E-state index in [0.717, 1.165) is 48.7 Å². The van der Waals surface area contributed by atoms with E-state index in [1.807, 2.05) is 36.0 Å². The molecule has 1 atom stereocenters. The first-order valence-electron chi connectivity index (χ1n) is 12.2. The first kappa shape index (κ1) is 25.6. The van der Waals surface area contributed by atoms with Crippen LogP contribution in [0, 0.1) is 5.92 Å². The lowest BCUT2D eigenvalue weighted by Crippen LogP contribution is -2.51. The molecule has 0 saturated heterocycles. The maximum absolute atomic E-state index is 13.3. The summed E-state index contributed by atoms with van der Waals surface area (Å²) in [6.07, 6.45) is 11.6. The number of rotatable bonds is 11. The van der Waals surface area contributed by atoms with Crippen LogP contribution in [0.1, 0.15) is 63.4 Å². The fourth-order valence-corrected chi connectivity index (χ4v) is 6.17. The maximum Gasteiger partial charge on any atom is 0.258 e. The van der Waals surface area contributed by atoms with E-state index in [1.54, 1.807) is 18.2 Å². The maximum atomic E-state index is 13.3. The van der Waals surface area contributed by atoms with Crippen LogP contribution in [-0.4, -0.2) is 53.7 Å². The van der Waals surface area contributed by atoms with Crippen LogP contribution in [0.2, 0.25) is 0 Å². The Kier molecular flexibility index (Phi) is 10.6. The minimum Gasteiger partial charge on any atom is -0.497 e. The summed E-state index contributed by atoms with van der Waals surface area (Å²) in [5.41, 5.74) is 7.08. The average molecular weight is 475 g/mol. The number of benzene rings is 1. The van der Waals surface area contributed by atoms with Gasteiger partial charge in [-0.3, -0.25) is 9.80 Å².